The molecule has 1 heterocycles. The van der Waals surface area contributed by atoms with Crippen LogP contribution in [0.1, 0.15) is 24.3 Å². The topological polar surface area (TPSA) is 86.3 Å². The Kier molecular flexibility index (Phi) is 5.58. The molecule has 1 aromatic heterocycles. The molecule has 8 heteroatoms. The fourth-order valence-corrected chi connectivity index (χ4v) is 2.76. The molecule has 0 aliphatic rings. The summed E-state index contributed by atoms with van der Waals surface area (Å²) < 4.78 is 16.8. The molecule has 0 radical (unpaired) electrons. The average molecular weight is 417 g/mol. The zero-order valence-electron chi connectivity index (χ0n) is 12.5. The maximum Gasteiger partial charge on any atom is 0.361 e. The van der Waals surface area contributed by atoms with Crippen molar-refractivity contribution in [1.29, 1.82) is 0 Å². The molecule has 2 aromatic rings. The van der Waals surface area contributed by atoms with Crippen molar-refractivity contribution >= 4 is 28.6 Å². The van der Waals surface area contributed by atoms with Crippen LogP contribution < -0.4 is 9.47 Å². The number of methoxy groups -OCH3 is 1. The molecule has 0 spiro atoms. The molecule has 2 rings (SSSR count). The Morgan fingerprint density at radius 2 is 2.05 bits per heavy atom. The van der Waals surface area contributed by atoms with E-state index < -0.39 is 5.97 Å². The van der Waals surface area contributed by atoms with Gasteiger partial charge in [-0.25, -0.2) is 4.79 Å². The van der Waals surface area contributed by atoms with Gasteiger partial charge in [-0.15, -0.1) is 5.10 Å². The Morgan fingerprint density at radius 1 is 1.27 bits per heavy atom. The Hall–Kier alpha value is -1.84. The fraction of sp³-hybridized carbons (Fsp3) is 0.357. The molecule has 0 atom stereocenters. The predicted molar refractivity (Wildman–Crippen MR) is 88.2 cm³/mol. The van der Waals surface area contributed by atoms with Crippen molar-refractivity contribution in [3.8, 4) is 22.8 Å². The number of benzene rings is 1. The number of rotatable bonds is 6. The monoisotopic (exact) mass is 417 g/mol. The Labute approximate surface area is 141 Å². The minimum Gasteiger partial charge on any atom is -0.492 e. The van der Waals surface area contributed by atoms with Crippen LogP contribution in [0.2, 0.25) is 0 Å². The second-order valence-electron chi connectivity index (χ2n) is 4.16. The first kappa shape index (κ1) is 16.5. The number of nitrogens with one attached hydrogen (secondary N) is 1. The molecular weight excluding hydrogens is 401 g/mol. The van der Waals surface area contributed by atoms with Gasteiger partial charge in [-0.3, -0.25) is 0 Å². The van der Waals surface area contributed by atoms with Crippen molar-refractivity contribution in [3.05, 3.63) is 21.4 Å². The van der Waals surface area contributed by atoms with Crippen molar-refractivity contribution in [2.45, 2.75) is 13.8 Å². The number of nitrogens with zero attached hydrogens (tertiary/aromatic N) is 2. The maximum atomic E-state index is 11.9. The van der Waals surface area contributed by atoms with E-state index in [4.69, 9.17) is 14.2 Å². The van der Waals surface area contributed by atoms with Gasteiger partial charge in [0.25, 0.3) is 0 Å². The highest BCUT2D eigenvalue weighted by Crippen LogP contribution is 2.37. The van der Waals surface area contributed by atoms with Crippen molar-refractivity contribution in [2.75, 3.05) is 20.3 Å². The highest BCUT2D eigenvalue weighted by atomic mass is 127. The van der Waals surface area contributed by atoms with Crippen LogP contribution in [-0.2, 0) is 4.74 Å². The lowest BCUT2D eigenvalue weighted by atomic mass is 10.1. The summed E-state index contributed by atoms with van der Waals surface area (Å²) in [6.45, 7) is 4.40. The average Bonchev–Trinajstić information content (AvgIpc) is 2.97. The van der Waals surface area contributed by atoms with Crippen LogP contribution in [0.5, 0.6) is 11.5 Å². The largest absolute Gasteiger partial charge is 0.492 e. The quantitative estimate of drug-likeness (QED) is 0.575. The third-order valence-electron chi connectivity index (χ3n) is 2.80. The molecule has 1 N–H and O–H groups in total. The van der Waals surface area contributed by atoms with Crippen LogP contribution in [0.3, 0.4) is 0 Å². The molecule has 0 aliphatic carbocycles. The summed E-state index contributed by atoms with van der Waals surface area (Å²) in [6, 6.07) is 3.62. The minimum absolute atomic E-state index is 0.144. The summed E-state index contributed by atoms with van der Waals surface area (Å²) in [5.41, 5.74) is 1.26. The van der Waals surface area contributed by atoms with Crippen molar-refractivity contribution in [1.82, 2.24) is 15.4 Å². The minimum atomic E-state index is -0.518. The van der Waals surface area contributed by atoms with Gasteiger partial charge in [0.15, 0.2) is 17.2 Å². The van der Waals surface area contributed by atoms with Crippen LogP contribution in [0.25, 0.3) is 11.3 Å². The number of ether oxygens (including phenoxy) is 3. The summed E-state index contributed by atoms with van der Waals surface area (Å²) in [5, 5.41) is 10.4. The van der Waals surface area contributed by atoms with Crippen LogP contribution in [-0.4, -0.2) is 41.7 Å². The van der Waals surface area contributed by atoms with Crippen LogP contribution in [0.15, 0.2) is 12.1 Å². The Morgan fingerprint density at radius 3 is 2.68 bits per heavy atom. The lowest BCUT2D eigenvalue weighted by Gasteiger charge is -2.12. The van der Waals surface area contributed by atoms with Gasteiger partial charge in [-0.05, 0) is 48.6 Å². The molecular formula is C14H16IN3O4. The molecule has 0 amide bonds. The second kappa shape index (κ2) is 7.43. The van der Waals surface area contributed by atoms with Crippen molar-refractivity contribution < 1.29 is 19.0 Å². The van der Waals surface area contributed by atoms with E-state index >= 15 is 0 Å². The van der Waals surface area contributed by atoms with Crippen molar-refractivity contribution in [2.24, 2.45) is 0 Å². The SMILES string of the molecule is CCOC(=O)c1n[nH]nc1-c1cc(I)c(OC)c(OCC)c1. The van der Waals surface area contributed by atoms with Crippen molar-refractivity contribution in [3.63, 3.8) is 0 Å². The first-order chi connectivity index (χ1) is 10.6. The number of hydrogen-bond acceptors (Lipinski definition) is 6. The third-order valence-corrected chi connectivity index (χ3v) is 3.60. The third kappa shape index (κ3) is 3.32. The van der Waals surface area contributed by atoms with Gasteiger partial charge in [0, 0.05) is 5.56 Å². The fourth-order valence-electron chi connectivity index (χ4n) is 1.94. The summed E-state index contributed by atoms with van der Waals surface area (Å²) in [4.78, 5) is 11.9. The normalized spacial score (nSPS) is 10.4. The van der Waals surface area contributed by atoms with E-state index in [9.17, 15) is 4.79 Å². The van der Waals surface area contributed by atoms with Crippen LogP contribution in [0, 0.1) is 3.57 Å². The number of esters is 1. The number of aromatic amines is 1. The molecule has 0 saturated heterocycles. The second-order valence-corrected chi connectivity index (χ2v) is 5.33. The summed E-state index contributed by atoms with van der Waals surface area (Å²) in [5.74, 6) is 0.715. The molecule has 0 saturated carbocycles. The van der Waals surface area contributed by atoms with Gasteiger partial charge in [0.1, 0.15) is 5.69 Å². The zero-order valence-corrected chi connectivity index (χ0v) is 14.6. The van der Waals surface area contributed by atoms with Crippen LogP contribution >= 0.6 is 22.6 Å². The smallest absolute Gasteiger partial charge is 0.361 e. The number of hydrogen-bond donors (Lipinski definition) is 1. The van der Waals surface area contributed by atoms with Gasteiger partial charge in [-0.1, -0.05) is 0 Å². The molecule has 1 aromatic carbocycles. The van der Waals surface area contributed by atoms with Gasteiger partial charge < -0.3 is 14.2 Å². The van der Waals surface area contributed by atoms with Crippen LogP contribution in [0.4, 0.5) is 0 Å². The van der Waals surface area contributed by atoms with Gasteiger partial charge in [-0.2, -0.15) is 10.3 Å². The van der Waals surface area contributed by atoms with E-state index in [1.165, 1.54) is 0 Å². The maximum absolute atomic E-state index is 11.9. The predicted octanol–water partition coefficient (Wildman–Crippen LogP) is 2.66. The molecule has 0 aliphatic heterocycles. The molecule has 118 valence electrons. The van der Waals surface area contributed by atoms with Gasteiger partial charge in [0.05, 0.1) is 23.9 Å². The number of carbonyl (C=O) groups excluding carboxylic acids is 1. The zero-order chi connectivity index (χ0) is 16.1. The standard InChI is InChI=1S/C14H16IN3O4/c1-4-21-10-7-8(6-9(15)13(10)20-3)11-12(17-18-16-11)14(19)22-5-2/h6-7H,4-5H2,1-3H3,(H,16,17,18). The molecule has 0 unspecified atom stereocenters. The van der Waals surface area contributed by atoms with Gasteiger partial charge >= 0.3 is 5.97 Å². The lowest BCUT2D eigenvalue weighted by molar-refractivity contribution is 0.0520. The molecule has 7 nitrogen and oxygen atoms in total. The highest BCUT2D eigenvalue weighted by Gasteiger charge is 2.21. The summed E-state index contributed by atoms with van der Waals surface area (Å²) in [7, 11) is 1.58. The van der Waals surface area contributed by atoms with E-state index in [1.54, 1.807) is 20.1 Å². The van der Waals surface area contributed by atoms with E-state index in [0.717, 1.165) is 3.57 Å². The lowest BCUT2D eigenvalue weighted by Crippen LogP contribution is -2.07. The summed E-state index contributed by atoms with van der Waals surface area (Å²) in [6.07, 6.45) is 0. The highest BCUT2D eigenvalue weighted by molar-refractivity contribution is 14.1. The number of halogens is 1. The number of carbonyl (C=O) groups is 1. The first-order valence-corrected chi connectivity index (χ1v) is 7.78. The van der Waals surface area contributed by atoms with E-state index in [0.29, 0.717) is 29.4 Å². The molecule has 22 heavy (non-hydrogen) atoms. The van der Waals surface area contributed by atoms with E-state index in [1.807, 2.05) is 13.0 Å². The van der Waals surface area contributed by atoms with Gasteiger partial charge in [0.2, 0.25) is 0 Å². The Balaban J connectivity index is 2.50. The molecule has 0 bridgehead atoms. The molecule has 0 fully saturated rings. The summed E-state index contributed by atoms with van der Waals surface area (Å²) >= 11 is 2.14. The van der Waals surface area contributed by atoms with E-state index in [2.05, 4.69) is 38.0 Å². The first-order valence-electron chi connectivity index (χ1n) is 6.70. The number of aromatic nitrogens is 3. The van der Waals surface area contributed by atoms with E-state index in [-0.39, 0.29) is 12.3 Å². The Bertz CT molecular complexity index is 672. The number of H-pyrrole nitrogens is 1.